The molecule has 1 unspecified atom stereocenters. The molecule has 0 bridgehead atoms. The Labute approximate surface area is 380 Å². The van der Waals surface area contributed by atoms with Crippen LogP contribution in [-0.2, 0) is 28.6 Å². The highest BCUT2D eigenvalue weighted by atomic mass is 16.6. The van der Waals surface area contributed by atoms with Crippen LogP contribution in [0, 0.1) is 0 Å². The number of hydrogen-bond donors (Lipinski definition) is 0. The molecule has 0 aliphatic heterocycles. The van der Waals surface area contributed by atoms with E-state index >= 15 is 0 Å². The molecule has 0 N–H and O–H groups in total. The van der Waals surface area contributed by atoms with Gasteiger partial charge in [0.1, 0.15) is 13.2 Å². The molecule has 6 nitrogen and oxygen atoms in total. The average molecular weight is 857 g/mol. The molecule has 0 aromatic rings. The van der Waals surface area contributed by atoms with Gasteiger partial charge in [0, 0.05) is 19.3 Å². The summed E-state index contributed by atoms with van der Waals surface area (Å²) in [6.07, 6.45) is 67.4. The number of carbonyl (C=O) groups is 3. The maximum Gasteiger partial charge on any atom is 0.306 e. The summed E-state index contributed by atoms with van der Waals surface area (Å²) in [4.78, 5) is 37.9. The van der Waals surface area contributed by atoms with Crippen LogP contribution >= 0.6 is 0 Å². The van der Waals surface area contributed by atoms with E-state index in [-0.39, 0.29) is 37.5 Å². The van der Waals surface area contributed by atoms with Crippen molar-refractivity contribution in [2.45, 2.75) is 200 Å². The number of carbonyl (C=O) groups excluding carboxylic acids is 3. The minimum Gasteiger partial charge on any atom is -0.462 e. The Morgan fingerprint density at radius 1 is 0.355 bits per heavy atom. The monoisotopic (exact) mass is 857 g/mol. The summed E-state index contributed by atoms with van der Waals surface area (Å²) < 4.78 is 16.7. The lowest BCUT2D eigenvalue weighted by Crippen LogP contribution is -2.30. The summed E-state index contributed by atoms with van der Waals surface area (Å²) in [5, 5.41) is 0. The van der Waals surface area contributed by atoms with E-state index in [1.165, 1.54) is 51.4 Å². The molecular weight excluding hydrogens is 769 g/mol. The Balaban J connectivity index is 4.53. The molecule has 0 rings (SSSR count). The zero-order valence-electron chi connectivity index (χ0n) is 39.6. The highest BCUT2D eigenvalue weighted by Crippen LogP contribution is 2.13. The van der Waals surface area contributed by atoms with Gasteiger partial charge in [0.25, 0.3) is 0 Å². The van der Waals surface area contributed by atoms with Gasteiger partial charge in [-0.3, -0.25) is 14.4 Å². The van der Waals surface area contributed by atoms with Crippen molar-refractivity contribution >= 4 is 17.9 Å². The Bertz CT molecular complexity index is 1350. The summed E-state index contributed by atoms with van der Waals surface area (Å²) >= 11 is 0. The van der Waals surface area contributed by atoms with E-state index in [0.717, 1.165) is 103 Å². The molecule has 348 valence electrons. The van der Waals surface area contributed by atoms with Crippen molar-refractivity contribution in [2.75, 3.05) is 13.2 Å². The van der Waals surface area contributed by atoms with Crippen LogP contribution in [0.3, 0.4) is 0 Å². The second-order valence-corrected chi connectivity index (χ2v) is 15.8. The molecule has 1 atom stereocenters. The van der Waals surface area contributed by atoms with Gasteiger partial charge in [0.05, 0.1) is 0 Å². The van der Waals surface area contributed by atoms with Crippen LogP contribution in [0.25, 0.3) is 0 Å². The van der Waals surface area contributed by atoms with Crippen molar-refractivity contribution in [1.29, 1.82) is 0 Å². The molecule has 0 aromatic carbocycles. The minimum atomic E-state index is -0.809. The topological polar surface area (TPSA) is 78.9 Å². The van der Waals surface area contributed by atoms with Gasteiger partial charge in [-0.05, 0) is 70.6 Å². The Morgan fingerprint density at radius 2 is 0.710 bits per heavy atom. The lowest BCUT2D eigenvalue weighted by atomic mass is 10.1. The van der Waals surface area contributed by atoms with Gasteiger partial charge in [-0.25, -0.2) is 0 Å². The summed E-state index contributed by atoms with van der Waals surface area (Å²) in [6.45, 7) is 6.29. The van der Waals surface area contributed by atoms with Crippen molar-refractivity contribution in [3.63, 3.8) is 0 Å². The highest BCUT2D eigenvalue weighted by Gasteiger charge is 2.19. The predicted molar refractivity (Wildman–Crippen MR) is 265 cm³/mol. The van der Waals surface area contributed by atoms with Gasteiger partial charge < -0.3 is 14.2 Å². The molecule has 0 aliphatic carbocycles. The fourth-order valence-corrected chi connectivity index (χ4v) is 6.26. The summed E-state index contributed by atoms with van der Waals surface area (Å²) in [7, 11) is 0. The number of rotatable bonds is 42. The van der Waals surface area contributed by atoms with Crippen molar-refractivity contribution in [3.8, 4) is 0 Å². The van der Waals surface area contributed by atoms with Crippen molar-refractivity contribution in [2.24, 2.45) is 0 Å². The van der Waals surface area contributed by atoms with E-state index in [1.807, 2.05) is 72.9 Å². The Hall–Kier alpha value is -4.19. The molecule has 6 heteroatoms. The van der Waals surface area contributed by atoms with Crippen molar-refractivity contribution in [3.05, 3.63) is 122 Å². The predicted octanol–water partition coefficient (Wildman–Crippen LogP) is 16.1. The molecule has 0 fully saturated rings. The lowest BCUT2D eigenvalue weighted by molar-refractivity contribution is -0.167. The fraction of sp³-hybridized carbons (Fsp3) is 0.589. The van der Waals surface area contributed by atoms with Crippen molar-refractivity contribution in [1.82, 2.24) is 0 Å². The first-order chi connectivity index (χ1) is 30.5. The normalized spacial score (nSPS) is 13.1. The average Bonchev–Trinajstić information content (AvgIpc) is 3.27. The molecule has 0 amide bonds. The largest absolute Gasteiger partial charge is 0.462 e. The SMILES string of the molecule is CC\C=C/C=C\C=C/C=C\C=C\C=C/C=C\CCCCCC(=O)OCC(COC(=O)CCCCCCCCCCCCC)OC(=O)CCCCCC/C=C\C/C=C\C/C=C\CC. The molecule has 0 radical (unpaired) electrons. The summed E-state index contributed by atoms with van der Waals surface area (Å²) in [5.74, 6) is -0.984. The van der Waals surface area contributed by atoms with Crippen LogP contribution in [0.2, 0.25) is 0 Å². The van der Waals surface area contributed by atoms with Gasteiger partial charge in [-0.15, -0.1) is 0 Å². The van der Waals surface area contributed by atoms with Crippen LogP contribution in [0.5, 0.6) is 0 Å². The standard InChI is InChI=1S/C56H88O6/c1-4-7-10-13-16-19-22-24-26-27-28-29-30-32-34-37-40-43-46-49-55(58)61-52-53(51-60-54(57)48-45-42-39-36-33-21-18-15-12-9-6-3)62-56(59)50-47-44-41-38-35-31-25-23-20-17-14-11-8-5-2/h7-8,10-11,13,16-17,19-20,22,24-32,34,53H,4-6,9,12,14-15,18,21,23,33,35-52H2,1-3H3/b10-7-,11-8-,16-13-,20-17-,22-19-,26-24-,28-27+,30-29-,31-25-,34-32-. The van der Waals surface area contributed by atoms with Crippen LogP contribution in [0.1, 0.15) is 194 Å². The van der Waals surface area contributed by atoms with Gasteiger partial charge >= 0.3 is 17.9 Å². The number of ether oxygens (including phenoxy) is 3. The first-order valence-electron chi connectivity index (χ1n) is 24.6. The molecule has 62 heavy (non-hydrogen) atoms. The molecule has 0 spiro atoms. The quantitative estimate of drug-likeness (QED) is 0.0200. The maximum absolute atomic E-state index is 12.8. The van der Waals surface area contributed by atoms with Gasteiger partial charge in [0.15, 0.2) is 6.10 Å². The number of allylic oxidation sites excluding steroid dienone is 20. The lowest BCUT2D eigenvalue weighted by Gasteiger charge is -2.18. The van der Waals surface area contributed by atoms with E-state index in [1.54, 1.807) is 0 Å². The smallest absolute Gasteiger partial charge is 0.306 e. The first-order valence-corrected chi connectivity index (χ1v) is 24.6. The number of hydrogen-bond acceptors (Lipinski definition) is 6. The molecule has 0 heterocycles. The van der Waals surface area contributed by atoms with E-state index in [2.05, 4.69) is 69.4 Å². The number of esters is 3. The van der Waals surface area contributed by atoms with E-state index in [0.29, 0.717) is 12.8 Å². The molecule has 0 saturated heterocycles. The van der Waals surface area contributed by atoms with E-state index in [4.69, 9.17) is 14.2 Å². The third kappa shape index (κ3) is 46.9. The highest BCUT2D eigenvalue weighted by molar-refractivity contribution is 5.71. The fourth-order valence-electron chi connectivity index (χ4n) is 6.26. The molecule has 0 saturated carbocycles. The summed E-state index contributed by atoms with van der Waals surface area (Å²) in [5.41, 5.74) is 0. The van der Waals surface area contributed by atoms with Crippen LogP contribution in [0.4, 0.5) is 0 Å². The molecule has 0 aromatic heterocycles. The third-order valence-electron chi connectivity index (χ3n) is 9.91. The molecule has 0 aliphatic rings. The van der Waals surface area contributed by atoms with Crippen LogP contribution in [0.15, 0.2) is 122 Å². The maximum atomic E-state index is 12.8. The zero-order valence-corrected chi connectivity index (χ0v) is 39.6. The number of unbranched alkanes of at least 4 members (excludes halogenated alkanes) is 17. The Kier molecular flexibility index (Phi) is 46.1. The molecular formula is C56H88O6. The van der Waals surface area contributed by atoms with Crippen molar-refractivity contribution < 1.29 is 28.6 Å². The first kappa shape index (κ1) is 57.8. The van der Waals surface area contributed by atoms with Crippen LogP contribution < -0.4 is 0 Å². The third-order valence-corrected chi connectivity index (χ3v) is 9.91. The summed E-state index contributed by atoms with van der Waals surface area (Å²) in [6, 6.07) is 0. The van der Waals surface area contributed by atoms with Gasteiger partial charge in [-0.2, -0.15) is 0 Å². The van der Waals surface area contributed by atoms with Gasteiger partial charge in [-0.1, -0.05) is 226 Å². The van der Waals surface area contributed by atoms with Gasteiger partial charge in [0.2, 0.25) is 0 Å². The second kappa shape index (κ2) is 49.5. The second-order valence-electron chi connectivity index (χ2n) is 15.8. The Morgan fingerprint density at radius 3 is 1.19 bits per heavy atom. The van der Waals surface area contributed by atoms with E-state index < -0.39 is 6.10 Å². The van der Waals surface area contributed by atoms with E-state index in [9.17, 15) is 14.4 Å². The zero-order chi connectivity index (χ0) is 45.1. The minimum absolute atomic E-state index is 0.104. The van der Waals surface area contributed by atoms with Crippen LogP contribution in [-0.4, -0.2) is 37.2 Å².